The fourth-order valence-electron chi connectivity index (χ4n) is 2.71. The van der Waals surface area contributed by atoms with Gasteiger partial charge in [-0.1, -0.05) is 6.07 Å². The zero-order chi connectivity index (χ0) is 22.3. The average molecular weight is 436 g/mol. The fraction of sp³-hybridized carbons (Fsp3) is 0.400. The van der Waals surface area contributed by atoms with Crippen LogP contribution >= 0.6 is 11.8 Å². The number of hydrogen-bond acceptors (Lipinski definition) is 7. The number of carbonyl (C=O) groups is 4. The molecule has 4 amide bonds. The molecule has 10 heteroatoms. The molecular formula is C20H25N3O6S. The topological polar surface area (TPSA) is 114 Å². The highest BCUT2D eigenvalue weighted by atomic mass is 32.2. The summed E-state index contributed by atoms with van der Waals surface area (Å²) >= 11 is 0.835. The fourth-order valence-corrected chi connectivity index (χ4v) is 3.57. The van der Waals surface area contributed by atoms with Crippen molar-refractivity contribution < 1.29 is 28.7 Å². The second-order valence-electron chi connectivity index (χ2n) is 6.39. The van der Waals surface area contributed by atoms with E-state index in [0.717, 1.165) is 16.7 Å². The van der Waals surface area contributed by atoms with Crippen LogP contribution in [0.3, 0.4) is 0 Å². The number of hydrogen-bond donors (Lipinski definition) is 2. The van der Waals surface area contributed by atoms with Crippen molar-refractivity contribution in [3.8, 4) is 11.5 Å². The lowest BCUT2D eigenvalue weighted by Crippen LogP contribution is -2.46. The Morgan fingerprint density at radius 2 is 2.00 bits per heavy atom. The number of carbonyl (C=O) groups excluding carboxylic acids is 4. The van der Waals surface area contributed by atoms with E-state index in [9.17, 15) is 19.2 Å². The molecule has 0 aliphatic carbocycles. The van der Waals surface area contributed by atoms with Gasteiger partial charge in [-0.2, -0.15) is 0 Å². The minimum atomic E-state index is -0.702. The van der Waals surface area contributed by atoms with Gasteiger partial charge in [-0.25, -0.2) is 0 Å². The van der Waals surface area contributed by atoms with Gasteiger partial charge < -0.3 is 20.1 Å². The first-order valence-electron chi connectivity index (χ1n) is 9.37. The van der Waals surface area contributed by atoms with E-state index in [2.05, 4.69) is 10.6 Å². The van der Waals surface area contributed by atoms with Crippen molar-refractivity contribution >= 4 is 40.8 Å². The lowest BCUT2D eigenvalue weighted by Gasteiger charge is -2.15. The van der Waals surface area contributed by atoms with Gasteiger partial charge in [0.2, 0.25) is 11.8 Å². The number of benzene rings is 1. The van der Waals surface area contributed by atoms with Crippen LogP contribution in [0.4, 0.5) is 4.79 Å². The third-order valence-electron chi connectivity index (χ3n) is 4.11. The molecule has 0 radical (unpaired) electrons. The first-order chi connectivity index (χ1) is 14.3. The van der Waals surface area contributed by atoms with E-state index < -0.39 is 23.1 Å². The summed E-state index contributed by atoms with van der Waals surface area (Å²) in [5.41, 5.74) is 0.693. The Balaban J connectivity index is 2.00. The molecule has 30 heavy (non-hydrogen) atoms. The minimum absolute atomic E-state index is 0.0349. The number of thioether (sulfide) groups is 1. The van der Waals surface area contributed by atoms with E-state index in [-0.39, 0.29) is 23.9 Å². The van der Waals surface area contributed by atoms with Crippen LogP contribution in [-0.2, 0) is 14.4 Å². The van der Waals surface area contributed by atoms with Gasteiger partial charge in [0.25, 0.3) is 11.1 Å². The van der Waals surface area contributed by atoms with Crippen molar-refractivity contribution in [3.05, 3.63) is 28.7 Å². The molecule has 1 aromatic carbocycles. The summed E-state index contributed by atoms with van der Waals surface area (Å²) < 4.78 is 10.8. The van der Waals surface area contributed by atoms with Crippen molar-refractivity contribution in [1.29, 1.82) is 0 Å². The van der Waals surface area contributed by atoms with Gasteiger partial charge in [0.1, 0.15) is 6.04 Å². The predicted octanol–water partition coefficient (Wildman–Crippen LogP) is 1.77. The van der Waals surface area contributed by atoms with E-state index in [1.807, 2.05) is 6.92 Å². The smallest absolute Gasteiger partial charge is 0.293 e. The van der Waals surface area contributed by atoms with Crippen LogP contribution < -0.4 is 20.1 Å². The molecule has 1 unspecified atom stereocenters. The molecule has 1 aromatic rings. The highest BCUT2D eigenvalue weighted by Gasteiger charge is 2.34. The van der Waals surface area contributed by atoms with Crippen LogP contribution in [0.15, 0.2) is 23.1 Å². The minimum Gasteiger partial charge on any atom is -0.493 e. The maximum absolute atomic E-state index is 12.6. The molecule has 0 bridgehead atoms. The quantitative estimate of drug-likeness (QED) is 0.568. The van der Waals surface area contributed by atoms with Gasteiger partial charge in [-0.3, -0.25) is 24.1 Å². The molecule has 2 N–H and O–H groups in total. The van der Waals surface area contributed by atoms with Crippen molar-refractivity contribution in [3.63, 3.8) is 0 Å². The summed E-state index contributed by atoms with van der Waals surface area (Å²) in [7, 11) is 1.52. The monoisotopic (exact) mass is 435 g/mol. The van der Waals surface area contributed by atoms with Gasteiger partial charge >= 0.3 is 0 Å². The van der Waals surface area contributed by atoms with Gasteiger partial charge in [-0.15, -0.1) is 0 Å². The summed E-state index contributed by atoms with van der Waals surface area (Å²) in [5, 5.41) is 4.65. The molecule has 1 heterocycles. The van der Waals surface area contributed by atoms with Crippen molar-refractivity contribution in [2.75, 3.05) is 26.8 Å². The standard InChI is InChI=1S/C20H25N3O6S/c1-5-29-15-7-6-14(10-16(15)28-4)11-17-19(26)23(20(27)30-17)9-8-21-18(25)12(2)22-13(3)24/h6-7,10-12H,5,8-9H2,1-4H3,(H,21,25)(H,22,24)/b17-11-. The molecule has 1 aliphatic rings. The number of ether oxygens (including phenoxy) is 2. The molecule has 1 aliphatic heterocycles. The molecule has 1 saturated heterocycles. The second-order valence-corrected chi connectivity index (χ2v) is 7.38. The Morgan fingerprint density at radius 1 is 1.27 bits per heavy atom. The molecule has 0 aromatic heterocycles. The number of imide groups is 1. The molecule has 1 atom stereocenters. The number of methoxy groups -OCH3 is 1. The van der Waals surface area contributed by atoms with Gasteiger partial charge in [-0.05, 0) is 49.4 Å². The van der Waals surface area contributed by atoms with Crippen LogP contribution in [0, 0.1) is 0 Å². The van der Waals surface area contributed by atoms with Crippen LogP contribution in [-0.4, -0.2) is 60.7 Å². The van der Waals surface area contributed by atoms with E-state index >= 15 is 0 Å². The SMILES string of the molecule is CCOc1ccc(/C=C2\SC(=O)N(CCNC(=O)C(C)NC(C)=O)C2=O)cc1OC. The van der Waals surface area contributed by atoms with Gasteiger partial charge in [0, 0.05) is 20.0 Å². The normalized spacial score (nSPS) is 15.9. The van der Waals surface area contributed by atoms with E-state index in [1.165, 1.54) is 14.0 Å². The number of rotatable bonds is 9. The third-order valence-corrected chi connectivity index (χ3v) is 5.01. The lowest BCUT2D eigenvalue weighted by atomic mass is 10.2. The Morgan fingerprint density at radius 3 is 2.63 bits per heavy atom. The number of nitrogens with one attached hydrogen (secondary N) is 2. The highest BCUT2D eigenvalue weighted by molar-refractivity contribution is 8.18. The molecule has 0 spiro atoms. The third kappa shape index (κ3) is 5.99. The Bertz CT molecular complexity index is 870. The molecular weight excluding hydrogens is 410 g/mol. The average Bonchev–Trinajstić information content (AvgIpc) is 2.95. The predicted molar refractivity (Wildman–Crippen MR) is 113 cm³/mol. The van der Waals surface area contributed by atoms with Crippen molar-refractivity contribution in [2.24, 2.45) is 0 Å². The van der Waals surface area contributed by atoms with E-state index in [1.54, 1.807) is 31.2 Å². The maximum atomic E-state index is 12.6. The maximum Gasteiger partial charge on any atom is 0.293 e. The molecule has 9 nitrogen and oxygen atoms in total. The molecule has 2 rings (SSSR count). The summed E-state index contributed by atoms with van der Waals surface area (Å²) in [6, 6.07) is 4.53. The van der Waals surface area contributed by atoms with Crippen LogP contribution in [0.2, 0.25) is 0 Å². The van der Waals surface area contributed by atoms with Crippen LogP contribution in [0.1, 0.15) is 26.3 Å². The zero-order valence-corrected chi connectivity index (χ0v) is 18.1. The first kappa shape index (κ1) is 23.3. The Kier molecular flexibility index (Phi) is 8.28. The summed E-state index contributed by atoms with van der Waals surface area (Å²) in [5.74, 6) is -0.0221. The van der Waals surface area contributed by atoms with E-state index in [0.29, 0.717) is 23.7 Å². The molecule has 0 saturated carbocycles. The Labute approximate surface area is 179 Å². The summed E-state index contributed by atoms with van der Waals surface area (Å²) in [6.45, 7) is 5.35. The number of nitrogens with zero attached hydrogens (tertiary/aromatic N) is 1. The molecule has 1 fully saturated rings. The Hall–Kier alpha value is -3.01. The molecule has 162 valence electrons. The highest BCUT2D eigenvalue weighted by Crippen LogP contribution is 2.34. The first-order valence-corrected chi connectivity index (χ1v) is 10.2. The zero-order valence-electron chi connectivity index (χ0n) is 17.3. The largest absolute Gasteiger partial charge is 0.493 e. The number of amides is 4. The van der Waals surface area contributed by atoms with E-state index in [4.69, 9.17) is 9.47 Å². The van der Waals surface area contributed by atoms with Crippen LogP contribution in [0.5, 0.6) is 11.5 Å². The van der Waals surface area contributed by atoms with Crippen molar-refractivity contribution in [2.45, 2.75) is 26.8 Å². The van der Waals surface area contributed by atoms with Gasteiger partial charge in [0.15, 0.2) is 11.5 Å². The van der Waals surface area contributed by atoms with Crippen LogP contribution in [0.25, 0.3) is 6.08 Å². The summed E-state index contributed by atoms with van der Waals surface area (Å²) in [4.78, 5) is 49.1. The van der Waals surface area contributed by atoms with Gasteiger partial charge in [0.05, 0.1) is 18.6 Å². The second kappa shape index (κ2) is 10.7. The summed E-state index contributed by atoms with van der Waals surface area (Å²) in [6.07, 6.45) is 1.61. The van der Waals surface area contributed by atoms with Crippen molar-refractivity contribution in [1.82, 2.24) is 15.5 Å². The lowest BCUT2D eigenvalue weighted by molar-refractivity contribution is -0.127.